The molecule has 1 fully saturated rings. The zero-order valence-electron chi connectivity index (χ0n) is 13.6. The van der Waals surface area contributed by atoms with Crippen LogP contribution in [0.15, 0.2) is 12.1 Å². The van der Waals surface area contributed by atoms with Crippen molar-refractivity contribution < 1.29 is 28.7 Å². The van der Waals surface area contributed by atoms with Gasteiger partial charge in [0.15, 0.2) is 18.1 Å². The highest BCUT2D eigenvalue weighted by Crippen LogP contribution is 2.36. The zero-order chi connectivity index (χ0) is 17.8. The Morgan fingerprint density at radius 1 is 1.12 bits per heavy atom. The fraction of sp³-hybridized carbons (Fsp3) is 0.500. The topological polar surface area (TPSA) is 108 Å². The van der Waals surface area contributed by atoms with E-state index in [1.165, 1.54) is 6.07 Å². The van der Waals surface area contributed by atoms with Gasteiger partial charge < -0.3 is 19.1 Å². The number of nitro groups is 1. The molecule has 0 aliphatic carbocycles. The lowest BCUT2D eigenvalue weighted by molar-refractivity contribution is -0.385. The molecule has 2 aliphatic heterocycles. The SMILES string of the molecule is O=C(OCC(=O)N1CCCCC1)c1cc2c(cc1[N+](=O)[O-])OCCO2. The van der Waals surface area contributed by atoms with Gasteiger partial charge in [-0.2, -0.15) is 0 Å². The Hall–Kier alpha value is -2.84. The molecule has 2 aliphatic rings. The molecule has 0 bridgehead atoms. The lowest BCUT2D eigenvalue weighted by atomic mass is 10.1. The fourth-order valence-corrected chi connectivity index (χ4v) is 2.83. The maximum Gasteiger partial charge on any atom is 0.345 e. The van der Waals surface area contributed by atoms with Crippen LogP contribution in [0.25, 0.3) is 0 Å². The molecule has 134 valence electrons. The first-order valence-electron chi connectivity index (χ1n) is 8.09. The van der Waals surface area contributed by atoms with E-state index in [1.807, 2.05) is 0 Å². The molecule has 0 radical (unpaired) electrons. The zero-order valence-corrected chi connectivity index (χ0v) is 13.6. The van der Waals surface area contributed by atoms with Crippen LogP contribution in [-0.2, 0) is 9.53 Å². The second-order valence-corrected chi connectivity index (χ2v) is 5.79. The number of nitro benzene ring substituents is 1. The van der Waals surface area contributed by atoms with Gasteiger partial charge in [0.25, 0.3) is 11.6 Å². The first-order valence-corrected chi connectivity index (χ1v) is 8.09. The van der Waals surface area contributed by atoms with Crippen molar-refractivity contribution in [2.24, 2.45) is 0 Å². The smallest absolute Gasteiger partial charge is 0.345 e. The summed E-state index contributed by atoms with van der Waals surface area (Å²) in [6, 6.07) is 2.36. The molecule has 25 heavy (non-hydrogen) atoms. The van der Waals surface area contributed by atoms with Gasteiger partial charge in [-0.1, -0.05) is 0 Å². The van der Waals surface area contributed by atoms with Crippen LogP contribution < -0.4 is 9.47 Å². The van der Waals surface area contributed by atoms with Crippen molar-refractivity contribution >= 4 is 17.6 Å². The number of carbonyl (C=O) groups excluding carboxylic acids is 2. The van der Waals surface area contributed by atoms with E-state index < -0.39 is 23.2 Å². The first-order chi connectivity index (χ1) is 12.1. The maximum absolute atomic E-state index is 12.2. The number of piperidine rings is 1. The predicted molar refractivity (Wildman–Crippen MR) is 84.8 cm³/mol. The second kappa shape index (κ2) is 7.37. The summed E-state index contributed by atoms with van der Waals surface area (Å²) < 4.78 is 15.6. The van der Waals surface area contributed by atoms with Crippen molar-refractivity contribution in [3.8, 4) is 11.5 Å². The first kappa shape index (κ1) is 17.0. The molecule has 9 nitrogen and oxygen atoms in total. The molecule has 0 unspecified atom stereocenters. The average molecular weight is 350 g/mol. The van der Waals surface area contributed by atoms with Crippen molar-refractivity contribution in [1.82, 2.24) is 4.90 Å². The average Bonchev–Trinajstić information content (AvgIpc) is 2.65. The van der Waals surface area contributed by atoms with E-state index in [0.29, 0.717) is 13.1 Å². The number of hydrogen-bond acceptors (Lipinski definition) is 7. The third-order valence-electron chi connectivity index (χ3n) is 4.11. The summed E-state index contributed by atoms with van der Waals surface area (Å²) in [6.45, 7) is 1.40. The number of amides is 1. The molecular weight excluding hydrogens is 332 g/mol. The molecule has 1 aromatic carbocycles. The van der Waals surface area contributed by atoms with Crippen LogP contribution in [0.5, 0.6) is 11.5 Å². The van der Waals surface area contributed by atoms with E-state index in [2.05, 4.69) is 0 Å². The molecule has 0 N–H and O–H groups in total. The van der Waals surface area contributed by atoms with Crippen molar-refractivity contribution in [2.75, 3.05) is 32.9 Å². The van der Waals surface area contributed by atoms with Crippen LogP contribution in [0.4, 0.5) is 5.69 Å². The number of carbonyl (C=O) groups is 2. The second-order valence-electron chi connectivity index (χ2n) is 5.79. The molecule has 1 amide bonds. The maximum atomic E-state index is 12.2. The van der Waals surface area contributed by atoms with E-state index in [-0.39, 0.29) is 36.2 Å². The number of hydrogen-bond donors (Lipinski definition) is 0. The predicted octanol–water partition coefficient (Wildman–Crippen LogP) is 1.54. The van der Waals surface area contributed by atoms with Gasteiger partial charge >= 0.3 is 5.97 Å². The summed E-state index contributed by atoms with van der Waals surface area (Å²) in [6.07, 6.45) is 2.92. The standard InChI is InChI=1S/C16H18N2O7/c19-15(17-4-2-1-3-5-17)10-25-16(20)11-8-13-14(24-7-6-23-13)9-12(11)18(21)22/h8-9H,1-7,10H2. The normalized spacial score (nSPS) is 16.2. The Morgan fingerprint density at radius 3 is 2.40 bits per heavy atom. The molecule has 0 aromatic heterocycles. The van der Waals surface area contributed by atoms with E-state index >= 15 is 0 Å². The molecule has 0 atom stereocenters. The monoisotopic (exact) mass is 350 g/mol. The van der Waals surface area contributed by atoms with Crippen LogP contribution in [0.3, 0.4) is 0 Å². The number of rotatable bonds is 4. The minimum Gasteiger partial charge on any atom is -0.486 e. The van der Waals surface area contributed by atoms with Gasteiger partial charge in [0.2, 0.25) is 0 Å². The van der Waals surface area contributed by atoms with E-state index in [9.17, 15) is 19.7 Å². The lowest BCUT2D eigenvalue weighted by Crippen LogP contribution is -2.38. The van der Waals surface area contributed by atoms with Crippen LogP contribution >= 0.6 is 0 Å². The third kappa shape index (κ3) is 3.81. The molecule has 0 saturated carbocycles. The van der Waals surface area contributed by atoms with Crippen LogP contribution in [0.1, 0.15) is 29.6 Å². The van der Waals surface area contributed by atoms with Crippen molar-refractivity contribution in [3.05, 3.63) is 27.8 Å². The van der Waals surface area contributed by atoms with Gasteiger partial charge in [0, 0.05) is 19.2 Å². The minimum atomic E-state index is -0.936. The molecule has 0 spiro atoms. The van der Waals surface area contributed by atoms with Gasteiger partial charge in [-0.25, -0.2) is 4.79 Å². The molecule has 9 heteroatoms. The minimum absolute atomic E-state index is 0.207. The number of benzene rings is 1. The fourth-order valence-electron chi connectivity index (χ4n) is 2.83. The van der Waals surface area contributed by atoms with Crippen molar-refractivity contribution in [3.63, 3.8) is 0 Å². The van der Waals surface area contributed by atoms with Crippen molar-refractivity contribution in [1.29, 1.82) is 0 Å². The van der Waals surface area contributed by atoms with Gasteiger partial charge in [-0.15, -0.1) is 0 Å². The summed E-state index contributed by atoms with van der Waals surface area (Å²) in [4.78, 5) is 36.5. The van der Waals surface area contributed by atoms with Gasteiger partial charge in [0.05, 0.1) is 11.0 Å². The molecule has 3 rings (SSSR count). The van der Waals surface area contributed by atoms with Crippen LogP contribution in [0, 0.1) is 10.1 Å². The Labute approximate surface area is 143 Å². The van der Waals surface area contributed by atoms with Gasteiger partial charge in [-0.3, -0.25) is 14.9 Å². The number of esters is 1. The molecular formula is C16H18N2O7. The summed E-state index contributed by atoms with van der Waals surface area (Å²) in [5, 5.41) is 11.2. The van der Waals surface area contributed by atoms with Gasteiger partial charge in [-0.05, 0) is 19.3 Å². The van der Waals surface area contributed by atoms with Crippen LogP contribution in [-0.4, -0.2) is 54.6 Å². The summed E-state index contributed by atoms with van der Waals surface area (Å²) in [5.74, 6) is -0.785. The Kier molecular flexibility index (Phi) is 5.01. The molecule has 1 aromatic rings. The highest BCUT2D eigenvalue weighted by molar-refractivity contribution is 5.96. The van der Waals surface area contributed by atoms with E-state index in [1.54, 1.807) is 4.90 Å². The number of ether oxygens (including phenoxy) is 3. The Balaban J connectivity index is 1.72. The summed E-state index contributed by atoms with van der Waals surface area (Å²) in [5.41, 5.74) is -0.708. The number of fused-ring (bicyclic) bond motifs is 1. The van der Waals surface area contributed by atoms with Crippen molar-refractivity contribution in [2.45, 2.75) is 19.3 Å². The highest BCUT2D eigenvalue weighted by atomic mass is 16.6. The molecule has 2 heterocycles. The quantitative estimate of drug-likeness (QED) is 0.460. The number of nitrogens with zero attached hydrogens (tertiary/aromatic N) is 2. The summed E-state index contributed by atoms with van der Waals surface area (Å²) in [7, 11) is 0. The van der Waals surface area contributed by atoms with Crippen LogP contribution in [0.2, 0.25) is 0 Å². The lowest BCUT2D eigenvalue weighted by Gasteiger charge is -2.26. The number of likely N-dealkylation sites (tertiary alicyclic amines) is 1. The Bertz CT molecular complexity index is 698. The summed E-state index contributed by atoms with van der Waals surface area (Å²) >= 11 is 0. The van der Waals surface area contributed by atoms with E-state index in [0.717, 1.165) is 25.3 Å². The largest absolute Gasteiger partial charge is 0.486 e. The third-order valence-corrected chi connectivity index (χ3v) is 4.11. The highest BCUT2D eigenvalue weighted by Gasteiger charge is 2.28. The van der Waals surface area contributed by atoms with E-state index in [4.69, 9.17) is 14.2 Å². The van der Waals surface area contributed by atoms with Gasteiger partial charge in [0.1, 0.15) is 18.8 Å². The molecule has 1 saturated heterocycles. The Morgan fingerprint density at radius 2 is 1.76 bits per heavy atom.